The molecule has 0 bridgehead atoms. The highest BCUT2D eigenvalue weighted by Crippen LogP contribution is 2.37. The van der Waals surface area contributed by atoms with Crippen molar-refractivity contribution in [2.45, 2.75) is 48.6 Å². The number of nitrogens with zero attached hydrogens (tertiary/aromatic N) is 3. The Morgan fingerprint density at radius 2 is 2.31 bits per heavy atom. The Morgan fingerprint density at radius 3 is 3.00 bits per heavy atom. The summed E-state index contributed by atoms with van der Waals surface area (Å²) in [5.74, 6) is 1.13. The Labute approximate surface area is 104 Å². The predicted molar refractivity (Wildman–Crippen MR) is 66.5 cm³/mol. The first kappa shape index (κ1) is 11.9. The molecule has 86 valence electrons. The SMILES string of the molecule is CCc1nsc(SC2CCCCC2C#N)n1. The van der Waals surface area contributed by atoms with Crippen LogP contribution in [0.1, 0.15) is 38.4 Å². The molecule has 0 amide bonds. The van der Waals surface area contributed by atoms with E-state index >= 15 is 0 Å². The van der Waals surface area contributed by atoms with Crippen molar-refractivity contribution in [3.8, 4) is 6.07 Å². The van der Waals surface area contributed by atoms with Crippen LogP contribution in [0.4, 0.5) is 0 Å². The summed E-state index contributed by atoms with van der Waals surface area (Å²) < 4.78 is 5.31. The molecule has 0 spiro atoms. The van der Waals surface area contributed by atoms with Gasteiger partial charge in [-0.3, -0.25) is 0 Å². The highest BCUT2D eigenvalue weighted by atomic mass is 32.2. The summed E-state index contributed by atoms with van der Waals surface area (Å²) in [6.07, 6.45) is 5.53. The van der Waals surface area contributed by atoms with Crippen LogP contribution in [0.3, 0.4) is 0 Å². The van der Waals surface area contributed by atoms with Crippen LogP contribution in [-0.4, -0.2) is 14.6 Å². The predicted octanol–water partition coefficient (Wildman–Crippen LogP) is 3.27. The van der Waals surface area contributed by atoms with Crippen molar-refractivity contribution < 1.29 is 0 Å². The summed E-state index contributed by atoms with van der Waals surface area (Å²) in [7, 11) is 0. The van der Waals surface area contributed by atoms with Gasteiger partial charge in [-0.15, -0.1) is 0 Å². The van der Waals surface area contributed by atoms with Gasteiger partial charge in [-0.25, -0.2) is 4.98 Å². The van der Waals surface area contributed by atoms with E-state index in [-0.39, 0.29) is 5.92 Å². The van der Waals surface area contributed by atoms with E-state index in [1.807, 2.05) is 0 Å². The van der Waals surface area contributed by atoms with Gasteiger partial charge in [-0.1, -0.05) is 31.5 Å². The highest BCUT2D eigenvalue weighted by Gasteiger charge is 2.26. The molecule has 1 saturated carbocycles. The van der Waals surface area contributed by atoms with Crippen molar-refractivity contribution in [1.29, 1.82) is 5.26 Å². The number of aromatic nitrogens is 2. The van der Waals surface area contributed by atoms with Gasteiger partial charge in [-0.2, -0.15) is 9.64 Å². The van der Waals surface area contributed by atoms with Gasteiger partial charge < -0.3 is 0 Å². The van der Waals surface area contributed by atoms with E-state index in [1.165, 1.54) is 24.4 Å². The summed E-state index contributed by atoms with van der Waals surface area (Å²) in [6.45, 7) is 2.06. The van der Waals surface area contributed by atoms with E-state index in [4.69, 9.17) is 5.26 Å². The lowest BCUT2D eigenvalue weighted by molar-refractivity contribution is 0.439. The first-order chi connectivity index (χ1) is 7.83. The average molecular weight is 253 g/mol. The van der Waals surface area contributed by atoms with Gasteiger partial charge >= 0.3 is 0 Å². The number of thioether (sulfide) groups is 1. The quantitative estimate of drug-likeness (QED) is 0.829. The van der Waals surface area contributed by atoms with Crippen molar-refractivity contribution in [2.24, 2.45) is 5.92 Å². The van der Waals surface area contributed by atoms with Crippen molar-refractivity contribution >= 4 is 23.3 Å². The molecule has 2 rings (SSSR count). The lowest BCUT2D eigenvalue weighted by Crippen LogP contribution is -2.20. The molecule has 2 unspecified atom stereocenters. The second-order valence-electron chi connectivity index (χ2n) is 4.01. The van der Waals surface area contributed by atoms with Gasteiger partial charge in [0.1, 0.15) is 5.82 Å². The van der Waals surface area contributed by atoms with E-state index in [2.05, 4.69) is 22.4 Å². The van der Waals surface area contributed by atoms with E-state index in [0.717, 1.165) is 29.4 Å². The fourth-order valence-electron chi connectivity index (χ4n) is 1.94. The Bertz CT molecular complexity index is 383. The second kappa shape index (κ2) is 5.65. The van der Waals surface area contributed by atoms with Gasteiger partial charge in [-0.05, 0) is 24.4 Å². The molecule has 1 heterocycles. The molecule has 16 heavy (non-hydrogen) atoms. The van der Waals surface area contributed by atoms with Crippen molar-refractivity contribution in [1.82, 2.24) is 9.36 Å². The molecule has 3 nitrogen and oxygen atoms in total. The number of rotatable bonds is 3. The fraction of sp³-hybridized carbons (Fsp3) is 0.727. The molecular weight excluding hydrogens is 238 g/mol. The Kier molecular flexibility index (Phi) is 4.19. The maximum Gasteiger partial charge on any atom is 0.170 e. The Hall–Kier alpha value is -0.600. The Morgan fingerprint density at radius 1 is 1.50 bits per heavy atom. The molecule has 2 atom stereocenters. The summed E-state index contributed by atoms with van der Waals surface area (Å²) in [4.78, 5) is 4.45. The molecule has 0 N–H and O–H groups in total. The van der Waals surface area contributed by atoms with Crippen LogP contribution in [0, 0.1) is 17.2 Å². The van der Waals surface area contributed by atoms with Crippen molar-refractivity contribution in [3.05, 3.63) is 5.82 Å². The minimum atomic E-state index is 0.202. The minimum absolute atomic E-state index is 0.202. The molecule has 0 saturated heterocycles. The van der Waals surface area contributed by atoms with E-state index in [1.54, 1.807) is 11.8 Å². The van der Waals surface area contributed by atoms with Gasteiger partial charge in [0.15, 0.2) is 4.34 Å². The standard InChI is InChI=1S/C11H15N3S2/c1-2-10-13-11(16-14-10)15-9-6-4-3-5-8(9)7-12/h8-9H,2-6H2,1H3. The summed E-state index contributed by atoms with van der Waals surface area (Å²) >= 11 is 3.23. The Balaban J connectivity index is 1.99. The molecule has 1 aliphatic carbocycles. The maximum atomic E-state index is 9.09. The molecular formula is C11H15N3S2. The van der Waals surface area contributed by atoms with Crippen LogP contribution in [0.15, 0.2) is 4.34 Å². The second-order valence-corrected chi connectivity index (χ2v) is 6.24. The zero-order chi connectivity index (χ0) is 11.4. The first-order valence-corrected chi connectivity index (χ1v) is 7.37. The third-order valence-corrected chi connectivity index (χ3v) is 5.11. The van der Waals surface area contributed by atoms with Crippen LogP contribution in [-0.2, 0) is 6.42 Å². The number of hydrogen-bond donors (Lipinski definition) is 0. The minimum Gasteiger partial charge on any atom is -0.213 e. The van der Waals surface area contributed by atoms with Crippen molar-refractivity contribution in [2.75, 3.05) is 0 Å². The maximum absolute atomic E-state index is 9.09. The number of hydrogen-bond acceptors (Lipinski definition) is 5. The molecule has 1 aromatic rings. The molecule has 1 aromatic heterocycles. The van der Waals surface area contributed by atoms with Crippen LogP contribution >= 0.6 is 23.3 Å². The molecule has 1 fully saturated rings. The molecule has 0 aromatic carbocycles. The summed E-state index contributed by atoms with van der Waals surface area (Å²) in [5.41, 5.74) is 0. The van der Waals surface area contributed by atoms with Crippen LogP contribution in [0.2, 0.25) is 0 Å². The number of nitriles is 1. The van der Waals surface area contributed by atoms with Gasteiger partial charge in [0, 0.05) is 11.7 Å². The molecule has 1 aliphatic rings. The van der Waals surface area contributed by atoms with E-state index < -0.39 is 0 Å². The van der Waals surface area contributed by atoms with Crippen molar-refractivity contribution in [3.63, 3.8) is 0 Å². The highest BCUT2D eigenvalue weighted by molar-refractivity contribution is 8.01. The van der Waals surface area contributed by atoms with Gasteiger partial charge in [0.05, 0.1) is 12.0 Å². The summed E-state index contributed by atoms with van der Waals surface area (Å²) in [5, 5.41) is 9.52. The fourth-order valence-corrected chi connectivity index (χ4v) is 4.16. The van der Waals surface area contributed by atoms with E-state index in [9.17, 15) is 0 Å². The topological polar surface area (TPSA) is 49.6 Å². The largest absolute Gasteiger partial charge is 0.213 e. The van der Waals surface area contributed by atoms with Crippen LogP contribution in [0.25, 0.3) is 0 Å². The van der Waals surface area contributed by atoms with Gasteiger partial charge in [0.25, 0.3) is 0 Å². The number of aryl methyl sites for hydroxylation is 1. The van der Waals surface area contributed by atoms with E-state index in [0.29, 0.717) is 5.25 Å². The molecule has 0 radical (unpaired) electrons. The third kappa shape index (κ3) is 2.74. The van der Waals surface area contributed by atoms with Gasteiger partial charge in [0.2, 0.25) is 0 Å². The molecule has 0 aliphatic heterocycles. The monoisotopic (exact) mass is 253 g/mol. The first-order valence-electron chi connectivity index (χ1n) is 5.72. The molecule has 5 heteroatoms. The van der Waals surface area contributed by atoms with Crippen LogP contribution in [0.5, 0.6) is 0 Å². The average Bonchev–Trinajstić information content (AvgIpc) is 2.77. The lowest BCUT2D eigenvalue weighted by Gasteiger charge is -2.24. The smallest absolute Gasteiger partial charge is 0.170 e. The summed E-state index contributed by atoms with van der Waals surface area (Å²) in [6, 6.07) is 2.43. The zero-order valence-electron chi connectivity index (χ0n) is 9.35. The lowest BCUT2D eigenvalue weighted by atomic mass is 9.90. The van der Waals surface area contributed by atoms with Crippen LogP contribution < -0.4 is 0 Å². The zero-order valence-corrected chi connectivity index (χ0v) is 11.0. The third-order valence-electron chi connectivity index (χ3n) is 2.89. The normalized spacial score (nSPS) is 25.2.